The Morgan fingerprint density at radius 1 is 0.964 bits per heavy atom. The molecule has 3 rings (SSSR count). The summed E-state index contributed by atoms with van der Waals surface area (Å²) >= 11 is 0. The number of hydrogen-bond acceptors (Lipinski definition) is 5. The molecular formula is C23H29N3O2. The highest BCUT2D eigenvalue weighted by molar-refractivity contribution is 5.54. The lowest BCUT2D eigenvalue weighted by atomic mass is 10.0. The van der Waals surface area contributed by atoms with Crippen molar-refractivity contribution in [2.24, 2.45) is 5.92 Å². The summed E-state index contributed by atoms with van der Waals surface area (Å²) in [4.78, 5) is 6.80. The normalized spacial score (nSPS) is 12.6. The number of aliphatic hydroxyl groups excluding tert-OH is 1. The highest BCUT2D eigenvalue weighted by Gasteiger charge is 2.24. The maximum atomic E-state index is 9.95. The van der Waals surface area contributed by atoms with Crippen molar-refractivity contribution < 1.29 is 9.63 Å². The monoisotopic (exact) mass is 379 g/mol. The third kappa shape index (κ3) is 5.06. The minimum atomic E-state index is 0.0133. The molecule has 0 radical (unpaired) electrons. The van der Waals surface area contributed by atoms with Gasteiger partial charge in [-0.05, 0) is 23.5 Å². The Hall–Kier alpha value is -2.50. The van der Waals surface area contributed by atoms with Crippen molar-refractivity contribution in [3.8, 4) is 11.4 Å². The van der Waals surface area contributed by atoms with Gasteiger partial charge in [0.15, 0.2) is 0 Å². The molecule has 2 aromatic carbocycles. The van der Waals surface area contributed by atoms with Gasteiger partial charge in [-0.2, -0.15) is 4.98 Å². The largest absolute Gasteiger partial charge is 0.395 e. The average Bonchev–Trinajstić information content (AvgIpc) is 3.17. The molecule has 0 aliphatic carbocycles. The van der Waals surface area contributed by atoms with Crippen LogP contribution in [0.4, 0.5) is 0 Å². The zero-order valence-electron chi connectivity index (χ0n) is 16.9. The molecule has 0 fully saturated rings. The molecule has 3 aromatic rings. The van der Waals surface area contributed by atoms with Crippen LogP contribution in [0, 0.1) is 5.92 Å². The predicted octanol–water partition coefficient (Wildman–Crippen LogP) is 4.32. The topological polar surface area (TPSA) is 62.4 Å². The van der Waals surface area contributed by atoms with E-state index in [4.69, 9.17) is 4.52 Å². The first-order chi connectivity index (χ1) is 13.6. The van der Waals surface area contributed by atoms with Gasteiger partial charge in [0.05, 0.1) is 13.2 Å². The fourth-order valence-electron chi connectivity index (χ4n) is 3.36. The van der Waals surface area contributed by atoms with Crippen LogP contribution < -0.4 is 0 Å². The maximum absolute atomic E-state index is 9.95. The smallest absolute Gasteiger partial charge is 0.241 e. The first kappa shape index (κ1) is 20.2. The molecule has 1 aromatic heterocycles. The van der Waals surface area contributed by atoms with E-state index in [-0.39, 0.29) is 12.6 Å². The average molecular weight is 380 g/mol. The maximum Gasteiger partial charge on any atom is 0.241 e. The third-order valence-electron chi connectivity index (χ3n) is 5.08. The van der Waals surface area contributed by atoms with Gasteiger partial charge in [-0.3, -0.25) is 4.90 Å². The van der Waals surface area contributed by atoms with Crippen molar-refractivity contribution in [3.05, 3.63) is 71.6 Å². The Kier molecular flexibility index (Phi) is 6.95. The Labute approximate surface area is 167 Å². The van der Waals surface area contributed by atoms with E-state index >= 15 is 0 Å². The first-order valence-electron chi connectivity index (χ1n) is 9.91. The summed E-state index contributed by atoms with van der Waals surface area (Å²) in [5.74, 6) is 1.46. The minimum Gasteiger partial charge on any atom is -0.395 e. The minimum absolute atomic E-state index is 0.0133. The third-order valence-corrected chi connectivity index (χ3v) is 5.08. The molecule has 0 aliphatic heterocycles. The van der Waals surface area contributed by atoms with E-state index in [9.17, 15) is 5.11 Å². The predicted molar refractivity (Wildman–Crippen MR) is 111 cm³/mol. The van der Waals surface area contributed by atoms with E-state index in [0.717, 1.165) is 12.0 Å². The van der Waals surface area contributed by atoms with Crippen molar-refractivity contribution in [2.45, 2.75) is 46.3 Å². The summed E-state index contributed by atoms with van der Waals surface area (Å²) in [6, 6.07) is 18.5. The van der Waals surface area contributed by atoms with Crippen LogP contribution in [0.25, 0.3) is 11.4 Å². The zero-order chi connectivity index (χ0) is 19.9. The summed E-state index contributed by atoms with van der Waals surface area (Å²) < 4.78 is 5.53. The van der Waals surface area contributed by atoms with Crippen LogP contribution in [0.2, 0.25) is 0 Å². The summed E-state index contributed by atoms with van der Waals surface area (Å²) in [6.07, 6.45) is 1.00. The summed E-state index contributed by atoms with van der Waals surface area (Å²) in [7, 11) is 0. The molecule has 0 aliphatic rings. The molecule has 148 valence electrons. The highest BCUT2D eigenvalue weighted by atomic mass is 16.5. The molecule has 1 heterocycles. The molecule has 0 bridgehead atoms. The van der Waals surface area contributed by atoms with Crippen LogP contribution in [0.1, 0.15) is 37.8 Å². The molecule has 5 nitrogen and oxygen atoms in total. The number of nitrogens with zero attached hydrogens (tertiary/aromatic N) is 3. The van der Waals surface area contributed by atoms with Crippen LogP contribution in [0.15, 0.2) is 59.1 Å². The van der Waals surface area contributed by atoms with Crippen molar-refractivity contribution in [2.75, 3.05) is 6.61 Å². The second-order valence-electron chi connectivity index (χ2n) is 7.45. The van der Waals surface area contributed by atoms with Gasteiger partial charge >= 0.3 is 0 Å². The van der Waals surface area contributed by atoms with Crippen LogP contribution in [0.5, 0.6) is 0 Å². The second kappa shape index (κ2) is 9.62. The summed E-state index contributed by atoms with van der Waals surface area (Å²) in [6.45, 7) is 7.67. The lowest BCUT2D eigenvalue weighted by Gasteiger charge is -2.32. The van der Waals surface area contributed by atoms with Crippen LogP contribution in [-0.4, -0.2) is 32.8 Å². The second-order valence-corrected chi connectivity index (χ2v) is 7.45. The highest BCUT2D eigenvalue weighted by Crippen LogP contribution is 2.21. The Bertz CT molecular complexity index is 844. The van der Waals surface area contributed by atoms with Crippen LogP contribution >= 0.6 is 0 Å². The molecule has 0 saturated carbocycles. The fraction of sp³-hybridized carbons (Fsp3) is 0.391. The Morgan fingerprint density at radius 2 is 1.68 bits per heavy atom. The number of aromatic nitrogens is 2. The van der Waals surface area contributed by atoms with E-state index in [0.29, 0.717) is 30.7 Å². The fourth-order valence-corrected chi connectivity index (χ4v) is 3.36. The van der Waals surface area contributed by atoms with Crippen molar-refractivity contribution in [1.29, 1.82) is 0 Å². The molecule has 28 heavy (non-hydrogen) atoms. The quantitative estimate of drug-likeness (QED) is 0.600. The molecule has 0 spiro atoms. The number of aliphatic hydroxyl groups is 1. The van der Waals surface area contributed by atoms with Crippen molar-refractivity contribution in [1.82, 2.24) is 15.0 Å². The van der Waals surface area contributed by atoms with Gasteiger partial charge in [-0.1, -0.05) is 80.5 Å². The van der Waals surface area contributed by atoms with Gasteiger partial charge in [0.2, 0.25) is 11.7 Å². The molecule has 0 amide bonds. The molecule has 1 unspecified atom stereocenters. The molecule has 5 heteroatoms. The van der Waals surface area contributed by atoms with Gasteiger partial charge in [0, 0.05) is 18.2 Å². The van der Waals surface area contributed by atoms with Gasteiger partial charge in [-0.15, -0.1) is 0 Å². The Balaban J connectivity index is 1.79. The standard InChI is InChI=1S/C23H29N3O2/c1-4-18-10-12-20(13-11-18)23-24-22(28-25-23)15-26(21(16-27)17(2)3)14-19-8-6-5-7-9-19/h5-13,17,21,27H,4,14-16H2,1-3H3. The van der Waals surface area contributed by atoms with Crippen molar-refractivity contribution in [3.63, 3.8) is 0 Å². The van der Waals surface area contributed by atoms with Gasteiger partial charge in [0.25, 0.3) is 0 Å². The molecule has 1 N–H and O–H groups in total. The number of aryl methyl sites for hydroxylation is 1. The lowest BCUT2D eigenvalue weighted by molar-refractivity contribution is 0.0695. The zero-order valence-corrected chi connectivity index (χ0v) is 16.9. The van der Waals surface area contributed by atoms with E-state index in [1.165, 1.54) is 11.1 Å². The van der Waals surface area contributed by atoms with E-state index in [1.807, 2.05) is 30.3 Å². The van der Waals surface area contributed by atoms with E-state index in [2.05, 4.69) is 60.1 Å². The SMILES string of the molecule is CCc1ccc(-c2noc(CN(Cc3ccccc3)C(CO)C(C)C)n2)cc1. The van der Waals surface area contributed by atoms with E-state index < -0.39 is 0 Å². The molecule has 0 saturated heterocycles. The Morgan fingerprint density at radius 3 is 2.29 bits per heavy atom. The number of benzene rings is 2. The lowest BCUT2D eigenvalue weighted by Crippen LogP contribution is -2.40. The van der Waals surface area contributed by atoms with Crippen molar-refractivity contribution >= 4 is 0 Å². The molecule has 1 atom stereocenters. The summed E-state index contributed by atoms with van der Waals surface area (Å²) in [5, 5.41) is 14.1. The van der Waals surface area contributed by atoms with Crippen LogP contribution in [0.3, 0.4) is 0 Å². The van der Waals surface area contributed by atoms with E-state index in [1.54, 1.807) is 0 Å². The van der Waals surface area contributed by atoms with Gasteiger partial charge < -0.3 is 9.63 Å². The number of hydrogen-bond donors (Lipinski definition) is 1. The van der Waals surface area contributed by atoms with Gasteiger partial charge in [0.1, 0.15) is 0 Å². The molecular weight excluding hydrogens is 350 g/mol. The van der Waals surface area contributed by atoms with Crippen LogP contribution in [-0.2, 0) is 19.5 Å². The van der Waals surface area contributed by atoms with Gasteiger partial charge in [-0.25, -0.2) is 0 Å². The first-order valence-corrected chi connectivity index (χ1v) is 9.91. The summed E-state index contributed by atoms with van der Waals surface area (Å²) in [5.41, 5.74) is 3.42. The number of rotatable bonds is 9.